The molecule has 3 heterocycles. The molecule has 0 amide bonds. The molecule has 0 saturated heterocycles. The quantitative estimate of drug-likeness (QED) is 0.597. The molecule has 2 aromatic heterocycles. The highest BCUT2D eigenvalue weighted by Crippen LogP contribution is 2.29. The number of fused-ring (bicyclic) bond motifs is 4. The lowest BCUT2D eigenvalue weighted by atomic mass is 10.0. The summed E-state index contributed by atoms with van der Waals surface area (Å²) in [5, 5.41) is 0.967. The van der Waals surface area contributed by atoms with Crippen LogP contribution in [0.15, 0.2) is 47.3 Å². The topological polar surface area (TPSA) is 56.8 Å². The smallest absolute Gasteiger partial charge is 0.326 e. The molecule has 2 N–H and O–H groups in total. The summed E-state index contributed by atoms with van der Waals surface area (Å²) in [5.41, 5.74) is 4.64. The van der Waals surface area contributed by atoms with Crippen molar-refractivity contribution < 1.29 is 4.39 Å². The number of nitrogens with one attached hydrogen (secondary N) is 2. The first kappa shape index (κ1) is 15.4. The zero-order valence-corrected chi connectivity index (χ0v) is 14.3. The van der Waals surface area contributed by atoms with Crippen molar-refractivity contribution in [3.63, 3.8) is 0 Å². The number of nitrogens with zero attached hydrogens (tertiary/aromatic N) is 2. The van der Waals surface area contributed by atoms with Crippen LogP contribution in [0.5, 0.6) is 0 Å². The summed E-state index contributed by atoms with van der Waals surface area (Å²) in [6.45, 7) is 3.09. The molecule has 0 atom stereocenters. The van der Waals surface area contributed by atoms with Gasteiger partial charge in [-0.05, 0) is 23.8 Å². The van der Waals surface area contributed by atoms with Gasteiger partial charge in [0.25, 0.3) is 0 Å². The molecule has 0 spiro atoms. The van der Waals surface area contributed by atoms with Crippen molar-refractivity contribution in [2.45, 2.75) is 19.5 Å². The number of halogens is 1. The van der Waals surface area contributed by atoms with Crippen LogP contribution in [0.2, 0.25) is 0 Å². The van der Waals surface area contributed by atoms with Crippen LogP contribution in [0.25, 0.3) is 21.9 Å². The number of benzene rings is 2. The van der Waals surface area contributed by atoms with Crippen molar-refractivity contribution in [3.05, 3.63) is 70.0 Å². The maximum atomic E-state index is 14.0. The second-order valence-corrected chi connectivity index (χ2v) is 6.87. The summed E-state index contributed by atoms with van der Waals surface area (Å²) < 4.78 is 15.8. The molecule has 1 aliphatic rings. The Morgan fingerprint density at radius 2 is 1.92 bits per heavy atom. The Hall–Kier alpha value is -2.86. The summed E-state index contributed by atoms with van der Waals surface area (Å²) >= 11 is 0. The molecular formula is C20H19FN4O. The normalized spacial score (nSPS) is 15.0. The fourth-order valence-electron chi connectivity index (χ4n) is 4.02. The third kappa shape index (κ3) is 2.37. The fraction of sp³-hybridized carbons (Fsp3) is 0.250. The molecule has 0 bridgehead atoms. The minimum atomic E-state index is -0.200. The van der Waals surface area contributed by atoms with E-state index in [4.69, 9.17) is 0 Å². The number of hydrogen-bond donors (Lipinski definition) is 2. The highest BCUT2D eigenvalue weighted by Gasteiger charge is 2.21. The van der Waals surface area contributed by atoms with E-state index in [0.717, 1.165) is 48.2 Å². The third-order valence-electron chi connectivity index (χ3n) is 5.36. The monoisotopic (exact) mass is 350 g/mol. The Kier molecular flexibility index (Phi) is 3.46. The molecule has 5 nitrogen and oxygen atoms in total. The first-order chi connectivity index (χ1) is 12.7. The number of aromatic amines is 2. The largest absolute Gasteiger partial charge is 0.356 e. The molecule has 6 heteroatoms. The Morgan fingerprint density at radius 1 is 1.04 bits per heavy atom. The molecule has 0 radical (unpaired) electrons. The molecule has 2 aromatic carbocycles. The molecule has 0 fully saturated rings. The van der Waals surface area contributed by atoms with E-state index in [1.54, 1.807) is 10.6 Å². The molecule has 0 unspecified atom stereocenters. The van der Waals surface area contributed by atoms with Gasteiger partial charge in [0.1, 0.15) is 5.82 Å². The van der Waals surface area contributed by atoms with Gasteiger partial charge in [-0.15, -0.1) is 0 Å². The van der Waals surface area contributed by atoms with E-state index in [2.05, 4.69) is 14.9 Å². The Morgan fingerprint density at radius 3 is 2.85 bits per heavy atom. The standard InChI is InChI=1S/C20H19FN4O/c21-15-5-3-4-13-14-12-24(9-8-16(14)22-19(13)15)10-11-25-18-7-2-1-6-17(18)23-20(25)26/h1-7,22H,8-12H2,(H,23,26). The van der Waals surface area contributed by atoms with E-state index in [-0.39, 0.29) is 11.5 Å². The lowest BCUT2D eigenvalue weighted by Gasteiger charge is -2.27. The lowest BCUT2D eigenvalue weighted by molar-refractivity contribution is 0.244. The number of aromatic nitrogens is 3. The minimum Gasteiger partial charge on any atom is -0.356 e. The highest BCUT2D eigenvalue weighted by molar-refractivity contribution is 5.85. The molecule has 132 valence electrons. The van der Waals surface area contributed by atoms with Gasteiger partial charge in [0.05, 0.1) is 16.6 Å². The van der Waals surface area contributed by atoms with E-state index in [1.165, 1.54) is 11.6 Å². The second kappa shape index (κ2) is 5.85. The van der Waals surface area contributed by atoms with Crippen molar-refractivity contribution in [2.75, 3.05) is 13.1 Å². The van der Waals surface area contributed by atoms with Gasteiger partial charge in [0, 0.05) is 43.7 Å². The van der Waals surface area contributed by atoms with Crippen LogP contribution in [0.1, 0.15) is 11.3 Å². The van der Waals surface area contributed by atoms with Crippen molar-refractivity contribution >= 4 is 21.9 Å². The molecule has 0 aliphatic carbocycles. The maximum absolute atomic E-state index is 14.0. The van der Waals surface area contributed by atoms with Crippen LogP contribution in [-0.4, -0.2) is 32.5 Å². The molecule has 26 heavy (non-hydrogen) atoms. The summed E-state index contributed by atoms with van der Waals surface area (Å²) in [4.78, 5) is 20.7. The fourth-order valence-corrected chi connectivity index (χ4v) is 4.02. The predicted octanol–water partition coefficient (Wildman–Crippen LogP) is 3.01. The van der Waals surface area contributed by atoms with Crippen LogP contribution in [0.4, 0.5) is 4.39 Å². The second-order valence-electron chi connectivity index (χ2n) is 6.87. The minimum absolute atomic E-state index is 0.0712. The summed E-state index contributed by atoms with van der Waals surface area (Å²) in [5.74, 6) is -0.200. The van der Waals surface area contributed by atoms with Gasteiger partial charge in [0.2, 0.25) is 0 Å². The van der Waals surface area contributed by atoms with Crippen molar-refractivity contribution in [1.82, 2.24) is 19.4 Å². The first-order valence-corrected chi connectivity index (χ1v) is 8.88. The lowest BCUT2D eigenvalue weighted by Crippen LogP contribution is -2.34. The zero-order chi connectivity index (χ0) is 17.7. The maximum Gasteiger partial charge on any atom is 0.326 e. The van der Waals surface area contributed by atoms with E-state index in [1.807, 2.05) is 30.3 Å². The van der Waals surface area contributed by atoms with Gasteiger partial charge in [-0.1, -0.05) is 24.3 Å². The predicted molar refractivity (Wildman–Crippen MR) is 99.8 cm³/mol. The van der Waals surface area contributed by atoms with Gasteiger partial charge in [-0.3, -0.25) is 9.47 Å². The van der Waals surface area contributed by atoms with E-state index in [9.17, 15) is 9.18 Å². The van der Waals surface area contributed by atoms with Crippen molar-refractivity contribution in [2.24, 2.45) is 0 Å². The number of imidazole rings is 1. The van der Waals surface area contributed by atoms with Crippen molar-refractivity contribution in [1.29, 1.82) is 0 Å². The van der Waals surface area contributed by atoms with Crippen molar-refractivity contribution in [3.8, 4) is 0 Å². The molecule has 5 rings (SSSR count). The average molecular weight is 350 g/mol. The first-order valence-electron chi connectivity index (χ1n) is 8.88. The van der Waals surface area contributed by atoms with E-state index < -0.39 is 0 Å². The summed E-state index contributed by atoms with van der Waals surface area (Å²) in [7, 11) is 0. The molecule has 1 aliphatic heterocycles. The van der Waals surface area contributed by atoms with Crippen LogP contribution in [-0.2, 0) is 19.5 Å². The molecule has 0 saturated carbocycles. The van der Waals surface area contributed by atoms with Gasteiger partial charge in [0.15, 0.2) is 0 Å². The van der Waals surface area contributed by atoms with Crippen LogP contribution >= 0.6 is 0 Å². The SMILES string of the molecule is O=c1[nH]c2ccccc2n1CCN1CCc2[nH]c3c(F)cccc3c2C1. The summed E-state index contributed by atoms with van der Waals surface area (Å²) in [6, 6.07) is 13.0. The highest BCUT2D eigenvalue weighted by atomic mass is 19.1. The van der Waals surface area contributed by atoms with Gasteiger partial charge in [-0.25, -0.2) is 9.18 Å². The number of rotatable bonds is 3. The van der Waals surface area contributed by atoms with Gasteiger partial charge >= 0.3 is 5.69 Å². The zero-order valence-electron chi connectivity index (χ0n) is 14.3. The van der Waals surface area contributed by atoms with Gasteiger partial charge < -0.3 is 9.97 Å². The number of H-pyrrole nitrogens is 2. The van der Waals surface area contributed by atoms with Gasteiger partial charge in [-0.2, -0.15) is 0 Å². The third-order valence-corrected chi connectivity index (χ3v) is 5.36. The van der Waals surface area contributed by atoms with E-state index in [0.29, 0.717) is 12.1 Å². The van der Waals surface area contributed by atoms with E-state index >= 15 is 0 Å². The molecular weight excluding hydrogens is 331 g/mol. The molecule has 4 aromatic rings. The van der Waals surface area contributed by atoms with Crippen LogP contribution in [0.3, 0.4) is 0 Å². The average Bonchev–Trinajstić information content (AvgIpc) is 3.18. The van der Waals surface area contributed by atoms with Crippen LogP contribution in [0, 0.1) is 5.82 Å². The number of hydrogen-bond acceptors (Lipinski definition) is 2. The Labute approximate surface area is 149 Å². The Bertz CT molecular complexity index is 1170. The Balaban J connectivity index is 1.40. The van der Waals surface area contributed by atoms with Crippen LogP contribution < -0.4 is 5.69 Å². The summed E-state index contributed by atoms with van der Waals surface area (Å²) in [6.07, 6.45) is 0.867. The number of para-hydroxylation sites is 3.